The summed E-state index contributed by atoms with van der Waals surface area (Å²) in [6, 6.07) is 22.9. The van der Waals surface area contributed by atoms with Gasteiger partial charge in [-0.15, -0.1) is 0 Å². The number of nitriles is 1. The number of hydrogen-bond acceptors (Lipinski definition) is 3. The van der Waals surface area contributed by atoms with Crippen LogP contribution in [-0.4, -0.2) is 14.8 Å². The van der Waals surface area contributed by atoms with Crippen molar-refractivity contribution >= 4 is 0 Å². The maximum Gasteiger partial charge on any atom is 0.165 e. The van der Waals surface area contributed by atoms with Crippen molar-refractivity contribution in [3.8, 4) is 6.07 Å². The Kier molecular flexibility index (Phi) is 4.72. The fourth-order valence-corrected chi connectivity index (χ4v) is 3.20. The molecule has 1 aromatic heterocycles. The summed E-state index contributed by atoms with van der Waals surface area (Å²) >= 11 is 0. The highest BCUT2D eigenvalue weighted by molar-refractivity contribution is 5.45. The first-order valence-corrected chi connectivity index (χ1v) is 8.19. The Hall–Kier alpha value is -2.93. The molecule has 4 nitrogen and oxygen atoms in total. The van der Waals surface area contributed by atoms with Crippen LogP contribution in [0.5, 0.6) is 0 Å². The minimum absolute atomic E-state index is 0.388. The average Bonchev–Trinajstić information content (AvgIpc) is 3.12. The van der Waals surface area contributed by atoms with Gasteiger partial charge in [-0.05, 0) is 17.5 Å². The Balaban J connectivity index is 2.15. The summed E-state index contributed by atoms with van der Waals surface area (Å²) in [5.74, 6) is 0.778. The highest BCUT2D eigenvalue weighted by Gasteiger charge is 2.38. The van der Waals surface area contributed by atoms with Gasteiger partial charge >= 0.3 is 0 Å². The minimum atomic E-state index is -0.388. The Morgan fingerprint density at radius 1 is 1.00 bits per heavy atom. The van der Waals surface area contributed by atoms with Crippen LogP contribution in [0.2, 0.25) is 0 Å². The molecule has 0 saturated heterocycles. The van der Waals surface area contributed by atoms with Gasteiger partial charge in [0.1, 0.15) is 6.33 Å². The van der Waals surface area contributed by atoms with E-state index in [0.29, 0.717) is 13.0 Å². The van der Waals surface area contributed by atoms with E-state index in [1.165, 1.54) is 11.1 Å². The van der Waals surface area contributed by atoms with E-state index >= 15 is 0 Å². The molecule has 0 saturated carbocycles. The molecule has 0 N–H and O–H groups in total. The number of rotatable bonds is 6. The summed E-state index contributed by atoms with van der Waals surface area (Å²) in [6.07, 6.45) is 3.00. The summed E-state index contributed by atoms with van der Waals surface area (Å²) in [4.78, 5) is 4.61. The van der Waals surface area contributed by atoms with E-state index in [4.69, 9.17) is 10.4 Å². The zero-order chi connectivity index (χ0) is 16.8. The van der Waals surface area contributed by atoms with Gasteiger partial charge in [-0.25, -0.2) is 4.98 Å². The SMILES string of the molecule is CCC(c1ccccc1)(c1ccccc1)c1ncn(CCC#N)n1. The van der Waals surface area contributed by atoms with Gasteiger partial charge in [-0.3, -0.25) is 4.68 Å². The first-order valence-electron chi connectivity index (χ1n) is 8.19. The van der Waals surface area contributed by atoms with Crippen LogP contribution in [0.25, 0.3) is 0 Å². The number of hydrogen-bond donors (Lipinski definition) is 0. The smallest absolute Gasteiger partial charge is 0.165 e. The second-order valence-electron chi connectivity index (χ2n) is 5.73. The van der Waals surface area contributed by atoms with Crippen LogP contribution in [0, 0.1) is 11.3 Å². The van der Waals surface area contributed by atoms with Crippen LogP contribution < -0.4 is 0 Å². The molecule has 0 atom stereocenters. The molecule has 2 aromatic carbocycles. The molecule has 120 valence electrons. The van der Waals surface area contributed by atoms with Crippen LogP contribution in [0.15, 0.2) is 67.0 Å². The van der Waals surface area contributed by atoms with E-state index in [2.05, 4.69) is 66.5 Å². The summed E-state index contributed by atoms with van der Waals surface area (Å²) in [6.45, 7) is 2.73. The molecule has 0 amide bonds. The first kappa shape index (κ1) is 15.9. The zero-order valence-corrected chi connectivity index (χ0v) is 13.8. The molecule has 0 aliphatic rings. The maximum absolute atomic E-state index is 8.78. The van der Waals surface area contributed by atoms with Crippen LogP contribution in [0.1, 0.15) is 36.7 Å². The van der Waals surface area contributed by atoms with E-state index in [1.807, 2.05) is 12.1 Å². The fraction of sp³-hybridized carbons (Fsp3) is 0.250. The standard InChI is InChI=1S/C20H20N4/c1-2-20(17-10-5-3-6-11-17,18-12-7-4-8-13-18)19-22-16-24(23-19)15-9-14-21/h3-8,10-13,16H,2,9,15H2,1H3. The summed E-state index contributed by atoms with van der Waals surface area (Å²) < 4.78 is 1.76. The maximum atomic E-state index is 8.78. The van der Waals surface area contributed by atoms with Crippen molar-refractivity contribution in [2.24, 2.45) is 0 Å². The van der Waals surface area contributed by atoms with Crippen molar-refractivity contribution in [2.75, 3.05) is 0 Å². The summed E-state index contributed by atoms with van der Waals surface area (Å²) in [5.41, 5.74) is 1.97. The molecule has 0 aliphatic carbocycles. The third kappa shape index (κ3) is 2.81. The van der Waals surface area contributed by atoms with Crippen molar-refractivity contribution in [3.63, 3.8) is 0 Å². The molecule has 24 heavy (non-hydrogen) atoms. The van der Waals surface area contributed by atoms with Crippen molar-refractivity contribution in [2.45, 2.75) is 31.7 Å². The van der Waals surface area contributed by atoms with Gasteiger partial charge in [0.25, 0.3) is 0 Å². The van der Waals surface area contributed by atoms with E-state index in [9.17, 15) is 0 Å². The molecule has 0 bridgehead atoms. The van der Waals surface area contributed by atoms with Gasteiger partial charge < -0.3 is 0 Å². The predicted molar refractivity (Wildman–Crippen MR) is 93.3 cm³/mol. The summed E-state index contributed by atoms with van der Waals surface area (Å²) in [5, 5.41) is 13.5. The van der Waals surface area contributed by atoms with Crippen molar-refractivity contribution in [1.29, 1.82) is 5.26 Å². The van der Waals surface area contributed by atoms with E-state index in [1.54, 1.807) is 11.0 Å². The highest BCUT2D eigenvalue weighted by atomic mass is 15.3. The topological polar surface area (TPSA) is 54.5 Å². The molecule has 0 aliphatic heterocycles. The minimum Gasteiger partial charge on any atom is -0.252 e. The highest BCUT2D eigenvalue weighted by Crippen LogP contribution is 2.40. The Bertz CT molecular complexity index is 776. The lowest BCUT2D eigenvalue weighted by Gasteiger charge is -2.31. The Morgan fingerprint density at radius 3 is 2.08 bits per heavy atom. The molecule has 0 unspecified atom stereocenters. The van der Waals surface area contributed by atoms with E-state index < -0.39 is 0 Å². The molecular formula is C20H20N4. The van der Waals surface area contributed by atoms with E-state index in [-0.39, 0.29) is 5.41 Å². The Labute approximate surface area is 142 Å². The molecule has 3 aromatic rings. The lowest BCUT2D eigenvalue weighted by atomic mass is 9.72. The molecule has 1 heterocycles. The lowest BCUT2D eigenvalue weighted by Crippen LogP contribution is -2.30. The monoisotopic (exact) mass is 316 g/mol. The molecular weight excluding hydrogens is 296 g/mol. The third-order valence-electron chi connectivity index (χ3n) is 4.43. The number of aryl methyl sites for hydroxylation is 1. The van der Waals surface area contributed by atoms with Crippen molar-refractivity contribution in [3.05, 3.63) is 83.9 Å². The third-order valence-corrected chi connectivity index (χ3v) is 4.43. The van der Waals surface area contributed by atoms with E-state index in [0.717, 1.165) is 12.2 Å². The predicted octanol–water partition coefficient (Wildman–Crippen LogP) is 3.94. The van der Waals surface area contributed by atoms with Crippen LogP contribution >= 0.6 is 0 Å². The molecule has 0 radical (unpaired) electrons. The zero-order valence-electron chi connectivity index (χ0n) is 13.8. The van der Waals surface area contributed by atoms with Crippen LogP contribution in [0.4, 0.5) is 0 Å². The number of aromatic nitrogens is 3. The first-order chi connectivity index (χ1) is 11.8. The van der Waals surface area contributed by atoms with Crippen LogP contribution in [-0.2, 0) is 12.0 Å². The molecule has 4 heteroatoms. The largest absolute Gasteiger partial charge is 0.252 e. The van der Waals surface area contributed by atoms with Gasteiger partial charge in [-0.1, -0.05) is 67.6 Å². The lowest BCUT2D eigenvalue weighted by molar-refractivity contribution is 0.533. The van der Waals surface area contributed by atoms with Gasteiger partial charge in [-0.2, -0.15) is 10.4 Å². The van der Waals surface area contributed by atoms with Crippen LogP contribution in [0.3, 0.4) is 0 Å². The molecule has 0 spiro atoms. The average molecular weight is 316 g/mol. The van der Waals surface area contributed by atoms with Gasteiger partial charge in [0.15, 0.2) is 5.82 Å². The summed E-state index contributed by atoms with van der Waals surface area (Å²) in [7, 11) is 0. The second-order valence-corrected chi connectivity index (χ2v) is 5.73. The van der Waals surface area contributed by atoms with Gasteiger partial charge in [0.05, 0.1) is 24.4 Å². The second kappa shape index (κ2) is 7.10. The Morgan fingerprint density at radius 2 is 1.58 bits per heavy atom. The number of nitrogens with zero attached hydrogens (tertiary/aromatic N) is 4. The molecule has 3 rings (SSSR count). The quantitative estimate of drug-likeness (QED) is 0.692. The van der Waals surface area contributed by atoms with Crippen molar-refractivity contribution in [1.82, 2.24) is 14.8 Å². The fourth-order valence-electron chi connectivity index (χ4n) is 3.20. The van der Waals surface area contributed by atoms with Gasteiger partial charge in [0, 0.05) is 0 Å². The molecule has 0 fully saturated rings. The van der Waals surface area contributed by atoms with Crippen molar-refractivity contribution < 1.29 is 0 Å². The van der Waals surface area contributed by atoms with Gasteiger partial charge in [0.2, 0.25) is 0 Å². The normalized spacial score (nSPS) is 11.2. The number of benzene rings is 2.